The monoisotopic (exact) mass is 482 g/mol. The minimum absolute atomic E-state index is 0.0465. The van der Waals surface area contributed by atoms with Gasteiger partial charge in [0.15, 0.2) is 5.78 Å². The number of ketones is 2. The molecule has 0 amide bonds. The number of ether oxygens (including phenoxy) is 1. The Balaban J connectivity index is 1.62. The van der Waals surface area contributed by atoms with Crippen LogP contribution in [0.1, 0.15) is 106 Å². The van der Waals surface area contributed by atoms with E-state index in [1.165, 1.54) is 12.7 Å². The first-order chi connectivity index (χ1) is 16.1. The lowest BCUT2D eigenvalue weighted by atomic mass is 9.33. The van der Waals surface area contributed by atoms with Gasteiger partial charge in [-0.05, 0) is 97.9 Å². The maximum absolute atomic E-state index is 14.3. The van der Waals surface area contributed by atoms with Crippen LogP contribution in [-0.4, -0.2) is 24.6 Å². The molecule has 0 unspecified atom stereocenters. The zero-order valence-corrected chi connectivity index (χ0v) is 23.3. The first kappa shape index (κ1) is 25.2. The molecule has 0 radical (unpaired) electrons. The molecule has 5 rings (SSSR count). The van der Waals surface area contributed by atoms with Gasteiger partial charge in [-0.1, -0.05) is 47.1 Å². The first-order valence-electron chi connectivity index (χ1n) is 14.0. The Bertz CT molecular complexity index is 1020. The molecule has 0 aliphatic heterocycles. The third kappa shape index (κ3) is 3.00. The lowest BCUT2D eigenvalue weighted by Gasteiger charge is -2.69. The van der Waals surface area contributed by atoms with Gasteiger partial charge < -0.3 is 4.74 Å². The summed E-state index contributed by atoms with van der Waals surface area (Å²) in [5.41, 5.74) is 0.244. The summed E-state index contributed by atoms with van der Waals surface area (Å²) in [4.78, 5) is 40.0. The number of methoxy groups -OCH3 is 1. The number of fused-ring (bicyclic) bond motifs is 7. The summed E-state index contributed by atoms with van der Waals surface area (Å²) in [6, 6.07) is 0. The van der Waals surface area contributed by atoms with E-state index in [4.69, 9.17) is 4.74 Å². The van der Waals surface area contributed by atoms with Crippen molar-refractivity contribution in [1.82, 2.24) is 0 Å². The minimum atomic E-state index is -0.490. The van der Waals surface area contributed by atoms with E-state index in [-0.39, 0.29) is 56.6 Å². The molecule has 0 bridgehead atoms. The van der Waals surface area contributed by atoms with Crippen LogP contribution in [0.25, 0.3) is 0 Å². The van der Waals surface area contributed by atoms with Gasteiger partial charge in [-0.25, -0.2) is 0 Å². The number of carbonyl (C=O) groups excluding carboxylic acids is 3. The number of hydrogen-bond acceptors (Lipinski definition) is 4. The van der Waals surface area contributed by atoms with Crippen LogP contribution in [0.2, 0.25) is 0 Å². The molecule has 5 aliphatic carbocycles. The van der Waals surface area contributed by atoms with Gasteiger partial charge in [-0.15, -0.1) is 0 Å². The van der Waals surface area contributed by atoms with Crippen LogP contribution in [0.3, 0.4) is 0 Å². The van der Waals surface area contributed by atoms with Crippen molar-refractivity contribution in [3.05, 3.63) is 11.6 Å². The highest BCUT2D eigenvalue weighted by atomic mass is 16.5. The predicted molar refractivity (Wildman–Crippen MR) is 136 cm³/mol. The molecule has 5 aliphatic rings. The Morgan fingerprint density at radius 2 is 1.57 bits per heavy atom. The Labute approximate surface area is 212 Å². The van der Waals surface area contributed by atoms with E-state index < -0.39 is 5.41 Å². The topological polar surface area (TPSA) is 60.4 Å². The van der Waals surface area contributed by atoms with Crippen LogP contribution >= 0.6 is 0 Å². The summed E-state index contributed by atoms with van der Waals surface area (Å²) in [6.45, 7) is 15.9. The van der Waals surface area contributed by atoms with Crippen molar-refractivity contribution in [2.24, 2.45) is 50.2 Å². The van der Waals surface area contributed by atoms with Crippen LogP contribution in [0.15, 0.2) is 11.6 Å². The zero-order valence-electron chi connectivity index (χ0n) is 23.3. The van der Waals surface area contributed by atoms with Gasteiger partial charge in [0, 0.05) is 17.8 Å². The molecule has 0 N–H and O–H groups in total. The molecular weight excluding hydrogens is 436 g/mol. The summed E-state index contributed by atoms with van der Waals surface area (Å²) in [5, 5.41) is 0. The average Bonchev–Trinajstić information content (AvgIpc) is 2.78. The van der Waals surface area contributed by atoms with E-state index in [0.29, 0.717) is 12.2 Å². The standard InChI is InChI=1S/C31H46O4/c1-26(2)22-9-12-31(7)24(29(22,5)11-10-23(26)33)21(32)17-19-20-18-28(4,25(34)35-8)14-13-27(20,3)15-16-30(19,31)6/h17,20,22,24H,9-16,18H2,1-8H3/t20-,22+,24-,27-,28+,29-,30+,31+/m1/s1. The second kappa shape index (κ2) is 7.32. The first-order valence-corrected chi connectivity index (χ1v) is 14.0. The summed E-state index contributed by atoms with van der Waals surface area (Å²) < 4.78 is 5.24. The second-order valence-electron chi connectivity index (χ2n) is 14.9. The fraction of sp³-hybridized carbons (Fsp3) is 0.839. The molecule has 0 aromatic heterocycles. The number of allylic oxidation sites excluding steroid dienone is 2. The number of esters is 1. The van der Waals surface area contributed by atoms with Gasteiger partial charge in [0.2, 0.25) is 0 Å². The van der Waals surface area contributed by atoms with E-state index >= 15 is 0 Å². The van der Waals surface area contributed by atoms with E-state index in [1.807, 2.05) is 0 Å². The molecule has 194 valence electrons. The summed E-state index contributed by atoms with van der Waals surface area (Å²) in [6.07, 6.45) is 10.3. The number of carbonyl (C=O) groups is 3. The van der Waals surface area contributed by atoms with E-state index in [1.54, 1.807) is 0 Å². The molecular formula is C31H46O4. The summed E-state index contributed by atoms with van der Waals surface area (Å²) >= 11 is 0. The molecule has 0 aromatic carbocycles. The van der Waals surface area contributed by atoms with Crippen LogP contribution in [0.5, 0.6) is 0 Å². The normalized spacial score (nSPS) is 50.7. The number of Topliss-reactive ketones (excluding diaryl/α,β-unsaturated/α-hetero) is 1. The van der Waals surface area contributed by atoms with Crippen molar-refractivity contribution in [2.45, 2.75) is 106 Å². The predicted octanol–water partition coefficient (Wildman–Crippen LogP) is 6.71. The Hall–Kier alpha value is -1.45. The molecule has 0 spiro atoms. The van der Waals surface area contributed by atoms with Gasteiger partial charge in [0.25, 0.3) is 0 Å². The fourth-order valence-corrected chi connectivity index (χ4v) is 10.4. The van der Waals surface area contributed by atoms with Gasteiger partial charge in [0.05, 0.1) is 12.5 Å². The van der Waals surface area contributed by atoms with Crippen molar-refractivity contribution >= 4 is 17.5 Å². The summed E-state index contributed by atoms with van der Waals surface area (Å²) in [7, 11) is 1.50. The maximum atomic E-state index is 14.3. The van der Waals surface area contributed by atoms with Crippen LogP contribution in [0.4, 0.5) is 0 Å². The molecule has 0 heterocycles. The fourth-order valence-electron chi connectivity index (χ4n) is 10.4. The van der Waals surface area contributed by atoms with E-state index in [0.717, 1.165) is 51.4 Å². The lowest BCUT2D eigenvalue weighted by molar-refractivity contribution is -0.188. The maximum Gasteiger partial charge on any atom is 0.311 e. The highest BCUT2D eigenvalue weighted by Crippen LogP contribution is 2.74. The Morgan fingerprint density at radius 1 is 0.914 bits per heavy atom. The SMILES string of the molecule is COC(=O)[C@@]1(C)CC[C@]2(C)CC[C@@]3(C)C(=CC(=O)[C@@H]4[C@]5(C)CCC(=O)C(C)(C)[C@@H]5CC[C@@]43C)[C@H]2C1. The number of rotatable bonds is 1. The van der Waals surface area contributed by atoms with Crippen molar-refractivity contribution in [1.29, 1.82) is 0 Å². The van der Waals surface area contributed by atoms with Crippen molar-refractivity contribution in [3.8, 4) is 0 Å². The third-order valence-corrected chi connectivity index (χ3v) is 13.0. The van der Waals surface area contributed by atoms with Crippen LogP contribution < -0.4 is 0 Å². The van der Waals surface area contributed by atoms with E-state index in [9.17, 15) is 14.4 Å². The lowest BCUT2D eigenvalue weighted by Crippen LogP contribution is -2.66. The van der Waals surface area contributed by atoms with Crippen LogP contribution in [-0.2, 0) is 19.1 Å². The second-order valence-corrected chi connectivity index (χ2v) is 14.9. The molecule has 8 atom stereocenters. The van der Waals surface area contributed by atoms with Gasteiger partial charge >= 0.3 is 5.97 Å². The van der Waals surface area contributed by atoms with Gasteiger partial charge in [-0.2, -0.15) is 0 Å². The quantitative estimate of drug-likeness (QED) is 0.390. The molecule has 4 saturated carbocycles. The largest absolute Gasteiger partial charge is 0.469 e. The Morgan fingerprint density at radius 3 is 2.23 bits per heavy atom. The summed E-state index contributed by atoms with van der Waals surface area (Å²) in [5.74, 6) is 0.980. The van der Waals surface area contributed by atoms with Crippen molar-refractivity contribution in [3.63, 3.8) is 0 Å². The van der Waals surface area contributed by atoms with Gasteiger partial charge in [-0.3, -0.25) is 14.4 Å². The highest BCUT2D eigenvalue weighted by Gasteiger charge is 2.70. The smallest absolute Gasteiger partial charge is 0.311 e. The molecule has 4 nitrogen and oxygen atoms in total. The number of hydrogen-bond donors (Lipinski definition) is 0. The highest BCUT2D eigenvalue weighted by molar-refractivity contribution is 5.96. The molecule has 0 saturated heterocycles. The third-order valence-electron chi connectivity index (χ3n) is 13.0. The molecule has 35 heavy (non-hydrogen) atoms. The molecule has 4 heteroatoms. The van der Waals surface area contributed by atoms with Crippen molar-refractivity contribution in [2.75, 3.05) is 7.11 Å². The Kier molecular flexibility index (Phi) is 5.27. The van der Waals surface area contributed by atoms with E-state index in [2.05, 4.69) is 54.5 Å². The van der Waals surface area contributed by atoms with Crippen LogP contribution in [0, 0.1) is 50.2 Å². The van der Waals surface area contributed by atoms with Gasteiger partial charge in [0.1, 0.15) is 5.78 Å². The minimum Gasteiger partial charge on any atom is -0.469 e. The zero-order chi connectivity index (χ0) is 25.8. The molecule has 0 aromatic rings. The van der Waals surface area contributed by atoms with Crippen molar-refractivity contribution < 1.29 is 19.1 Å². The molecule has 4 fully saturated rings. The average molecular weight is 483 g/mol.